The average Bonchev–Trinajstić information content (AvgIpc) is 3.85. The fourth-order valence-corrected chi connectivity index (χ4v) is 6.13. The summed E-state index contributed by atoms with van der Waals surface area (Å²) in [6.07, 6.45) is 17.7. The topological polar surface area (TPSA) is 12.0 Å². The van der Waals surface area contributed by atoms with Crippen LogP contribution < -0.4 is 5.32 Å². The summed E-state index contributed by atoms with van der Waals surface area (Å²) in [5.41, 5.74) is 6.88. The molecule has 1 nitrogen and oxygen atoms in total. The van der Waals surface area contributed by atoms with Gasteiger partial charge in [0.15, 0.2) is 0 Å². The third kappa shape index (κ3) is 10.1. The summed E-state index contributed by atoms with van der Waals surface area (Å²) < 4.78 is 14.7. The van der Waals surface area contributed by atoms with Gasteiger partial charge in [-0.25, -0.2) is 4.39 Å². The molecule has 1 aliphatic rings. The fourth-order valence-electron chi connectivity index (χ4n) is 6.13. The summed E-state index contributed by atoms with van der Waals surface area (Å²) in [5.74, 6) is 3.87. The lowest BCUT2D eigenvalue weighted by Crippen LogP contribution is -2.27. The van der Waals surface area contributed by atoms with E-state index in [2.05, 4.69) is 75.0 Å². The number of hydrogen-bond acceptors (Lipinski definition) is 1. The highest BCUT2D eigenvalue weighted by molar-refractivity contribution is 5.66. The zero-order valence-electron chi connectivity index (χ0n) is 27.7. The van der Waals surface area contributed by atoms with Crippen molar-refractivity contribution in [3.63, 3.8) is 0 Å². The van der Waals surface area contributed by atoms with Gasteiger partial charge in [-0.2, -0.15) is 0 Å². The second-order valence-corrected chi connectivity index (χ2v) is 13.0. The van der Waals surface area contributed by atoms with Crippen molar-refractivity contribution in [1.29, 1.82) is 0 Å². The van der Waals surface area contributed by atoms with E-state index in [1.165, 1.54) is 43.2 Å². The van der Waals surface area contributed by atoms with Gasteiger partial charge in [-0.1, -0.05) is 114 Å². The van der Waals surface area contributed by atoms with Crippen LogP contribution in [0.1, 0.15) is 121 Å². The van der Waals surface area contributed by atoms with Crippen LogP contribution in [-0.4, -0.2) is 0 Å². The van der Waals surface area contributed by atoms with Crippen molar-refractivity contribution in [3.05, 3.63) is 101 Å². The first-order valence-corrected chi connectivity index (χ1v) is 16.5. The molecule has 0 spiro atoms. The zero-order valence-corrected chi connectivity index (χ0v) is 27.7. The van der Waals surface area contributed by atoms with Crippen molar-refractivity contribution in [1.82, 2.24) is 0 Å². The van der Waals surface area contributed by atoms with Crippen LogP contribution in [0.25, 0.3) is 11.1 Å². The Balaban J connectivity index is 0.000000915. The smallest absolute Gasteiger partial charge is 0.130 e. The maximum absolute atomic E-state index is 14.7. The molecule has 0 amide bonds. The Labute approximate surface area is 262 Å². The number of terminal acetylenes is 1. The molecule has 0 aliphatic heterocycles. The molecule has 1 N–H and O–H groups in total. The fraction of sp³-hybridized carbons (Fsp3) is 0.463. The summed E-state index contributed by atoms with van der Waals surface area (Å²) in [7, 11) is 0. The highest BCUT2D eigenvalue weighted by atomic mass is 19.1. The van der Waals surface area contributed by atoms with E-state index in [0.717, 1.165) is 66.1 Å². The quantitative estimate of drug-likeness (QED) is 0.187. The molecular weight excluding hydrogens is 525 g/mol. The molecule has 230 valence electrons. The van der Waals surface area contributed by atoms with E-state index in [9.17, 15) is 4.39 Å². The molecular formula is C41H54FN. The van der Waals surface area contributed by atoms with Crippen molar-refractivity contribution in [3.8, 4) is 23.5 Å². The zero-order chi connectivity index (χ0) is 31.5. The van der Waals surface area contributed by atoms with Crippen molar-refractivity contribution < 1.29 is 4.39 Å². The van der Waals surface area contributed by atoms with Crippen LogP contribution in [0.3, 0.4) is 0 Å². The van der Waals surface area contributed by atoms with Gasteiger partial charge in [0.2, 0.25) is 0 Å². The number of unbranched alkanes of at least 4 members (excludes halogenated alkanes) is 1. The van der Waals surface area contributed by atoms with Gasteiger partial charge >= 0.3 is 0 Å². The molecule has 43 heavy (non-hydrogen) atoms. The summed E-state index contributed by atoms with van der Waals surface area (Å²) in [4.78, 5) is 0. The Hall–Kier alpha value is -3.31. The van der Waals surface area contributed by atoms with Gasteiger partial charge in [-0.05, 0) is 110 Å². The predicted octanol–water partition coefficient (Wildman–Crippen LogP) is 12.3. The molecule has 0 saturated heterocycles. The lowest BCUT2D eigenvalue weighted by molar-refractivity contribution is 0.220. The maximum Gasteiger partial charge on any atom is 0.130 e. The molecule has 2 heteroatoms. The van der Waals surface area contributed by atoms with Crippen LogP contribution in [-0.2, 0) is 11.1 Å². The lowest BCUT2D eigenvalue weighted by atomic mass is 9.69. The minimum absolute atomic E-state index is 0.0912. The Morgan fingerprint density at radius 3 is 2.21 bits per heavy atom. The standard InChI is InChI=1S/C36H44FN.C5H10/c1-8-11-23-36(22-9-2,32-18-16-30(17-19-32)31-14-12-13-29(10-3)25-31)24-21-28(5)38-33-20-15-27(4)34(26-33)35(6,7)37;1-2-5-3-4-5/h3,12-20,25-26,38H,5,8-9,11,21-24H2,1-2,4,6-7H3;5H,2-4H2,1H3. The maximum atomic E-state index is 14.7. The second-order valence-electron chi connectivity index (χ2n) is 13.0. The second kappa shape index (κ2) is 16.0. The third-order valence-electron chi connectivity index (χ3n) is 8.98. The Morgan fingerprint density at radius 2 is 1.65 bits per heavy atom. The van der Waals surface area contributed by atoms with E-state index in [4.69, 9.17) is 6.42 Å². The molecule has 0 aromatic heterocycles. The number of alkyl halides is 1. The van der Waals surface area contributed by atoms with Gasteiger partial charge < -0.3 is 5.32 Å². The van der Waals surface area contributed by atoms with E-state index in [1.807, 2.05) is 37.3 Å². The number of aryl methyl sites for hydroxylation is 1. The van der Waals surface area contributed by atoms with E-state index < -0.39 is 5.67 Å². The summed E-state index contributed by atoms with van der Waals surface area (Å²) in [5, 5.41) is 3.47. The predicted molar refractivity (Wildman–Crippen MR) is 186 cm³/mol. The van der Waals surface area contributed by atoms with Crippen LogP contribution >= 0.6 is 0 Å². The molecule has 1 aliphatic carbocycles. The molecule has 1 atom stereocenters. The molecule has 1 unspecified atom stereocenters. The monoisotopic (exact) mass is 579 g/mol. The average molecular weight is 580 g/mol. The van der Waals surface area contributed by atoms with E-state index in [-0.39, 0.29) is 5.41 Å². The van der Waals surface area contributed by atoms with Crippen LogP contribution in [0, 0.1) is 25.2 Å². The number of halogens is 1. The van der Waals surface area contributed by atoms with Gasteiger partial charge in [0.25, 0.3) is 0 Å². The minimum atomic E-state index is -1.38. The highest BCUT2D eigenvalue weighted by Crippen LogP contribution is 2.41. The molecule has 1 saturated carbocycles. The summed E-state index contributed by atoms with van der Waals surface area (Å²) >= 11 is 0. The normalized spacial score (nSPS) is 14.2. The minimum Gasteiger partial charge on any atom is -0.359 e. The molecule has 0 bridgehead atoms. The number of rotatable bonds is 14. The van der Waals surface area contributed by atoms with Crippen molar-refractivity contribution >= 4 is 5.69 Å². The van der Waals surface area contributed by atoms with Crippen LogP contribution in [0.15, 0.2) is 79.0 Å². The number of hydrogen-bond donors (Lipinski definition) is 1. The van der Waals surface area contributed by atoms with Crippen LogP contribution in [0.4, 0.5) is 10.1 Å². The van der Waals surface area contributed by atoms with Gasteiger partial charge in [0.1, 0.15) is 5.67 Å². The van der Waals surface area contributed by atoms with Crippen molar-refractivity contribution in [2.24, 2.45) is 5.92 Å². The van der Waals surface area contributed by atoms with E-state index in [1.54, 1.807) is 13.8 Å². The molecule has 1 fully saturated rings. The van der Waals surface area contributed by atoms with Crippen LogP contribution in [0.2, 0.25) is 0 Å². The summed E-state index contributed by atoms with van der Waals surface area (Å²) in [6, 6.07) is 23.2. The number of benzene rings is 3. The SMILES string of the molecule is C#Cc1cccc(-c2ccc(C(CCC)(CCCC)CCC(=C)Nc3ccc(C)c(C(C)(C)F)c3)cc2)c1.CCC1CC1. The number of allylic oxidation sites excluding steroid dienone is 1. The first kappa shape index (κ1) is 34.2. The summed E-state index contributed by atoms with van der Waals surface area (Å²) in [6.45, 7) is 16.3. The Bertz CT molecular complexity index is 1350. The molecule has 3 aromatic rings. The van der Waals surface area contributed by atoms with Gasteiger partial charge in [0.05, 0.1) is 0 Å². The first-order chi connectivity index (χ1) is 20.5. The molecule has 3 aromatic carbocycles. The Morgan fingerprint density at radius 1 is 0.930 bits per heavy atom. The number of anilines is 1. The lowest BCUT2D eigenvalue weighted by Gasteiger charge is -2.35. The molecule has 0 radical (unpaired) electrons. The number of nitrogens with one attached hydrogen (secondary N) is 1. The molecule has 0 heterocycles. The van der Waals surface area contributed by atoms with E-state index in [0.29, 0.717) is 5.56 Å². The highest BCUT2D eigenvalue weighted by Gasteiger charge is 2.31. The molecule has 4 rings (SSSR count). The van der Waals surface area contributed by atoms with E-state index >= 15 is 0 Å². The van der Waals surface area contributed by atoms with Crippen molar-refractivity contribution in [2.45, 2.75) is 117 Å². The third-order valence-corrected chi connectivity index (χ3v) is 8.98. The largest absolute Gasteiger partial charge is 0.359 e. The van der Waals surface area contributed by atoms with Gasteiger partial charge in [-0.3, -0.25) is 0 Å². The van der Waals surface area contributed by atoms with Crippen LogP contribution in [0.5, 0.6) is 0 Å². The Kier molecular flexibility index (Phi) is 12.7. The van der Waals surface area contributed by atoms with Crippen molar-refractivity contribution in [2.75, 3.05) is 5.32 Å². The first-order valence-electron chi connectivity index (χ1n) is 16.5. The van der Waals surface area contributed by atoms with Gasteiger partial charge in [-0.15, -0.1) is 6.42 Å². The van der Waals surface area contributed by atoms with Gasteiger partial charge in [0, 0.05) is 16.9 Å².